The third kappa shape index (κ3) is 3.71. The van der Waals surface area contributed by atoms with Crippen molar-refractivity contribution in [1.29, 1.82) is 0 Å². The van der Waals surface area contributed by atoms with Gasteiger partial charge in [0.1, 0.15) is 0 Å². The van der Waals surface area contributed by atoms with Gasteiger partial charge >= 0.3 is 5.97 Å². The number of hydrogen-bond acceptors (Lipinski definition) is 2. The molecule has 0 radical (unpaired) electrons. The average molecular weight is 347 g/mol. The molecule has 1 aliphatic rings. The van der Waals surface area contributed by atoms with Gasteiger partial charge in [-0.1, -0.05) is 17.7 Å². The third-order valence-corrected chi connectivity index (χ3v) is 4.96. The number of piperidine rings is 1. The molecular formula is C14H17BrClNO2. The minimum absolute atomic E-state index is 0.248. The van der Waals surface area contributed by atoms with E-state index in [-0.39, 0.29) is 5.92 Å². The van der Waals surface area contributed by atoms with Gasteiger partial charge < -0.3 is 5.11 Å². The Morgan fingerprint density at radius 1 is 1.53 bits per heavy atom. The van der Waals surface area contributed by atoms with Gasteiger partial charge in [-0.25, -0.2) is 0 Å². The summed E-state index contributed by atoms with van der Waals surface area (Å²) in [4.78, 5) is 13.3. The number of carbonyl (C=O) groups is 1. The summed E-state index contributed by atoms with van der Waals surface area (Å²) in [6.45, 7) is 3.51. The van der Waals surface area contributed by atoms with Crippen molar-refractivity contribution >= 4 is 33.5 Å². The molecule has 1 aromatic rings. The largest absolute Gasteiger partial charge is 0.481 e. The Morgan fingerprint density at radius 3 is 2.89 bits per heavy atom. The van der Waals surface area contributed by atoms with Gasteiger partial charge in [-0.15, -0.1) is 0 Å². The zero-order valence-electron chi connectivity index (χ0n) is 10.8. The van der Waals surface area contributed by atoms with E-state index in [4.69, 9.17) is 16.7 Å². The van der Waals surface area contributed by atoms with Crippen molar-refractivity contribution in [2.24, 2.45) is 5.92 Å². The molecule has 19 heavy (non-hydrogen) atoms. The first-order valence-electron chi connectivity index (χ1n) is 6.38. The summed E-state index contributed by atoms with van der Waals surface area (Å²) in [6, 6.07) is 6.30. The maximum Gasteiger partial charge on any atom is 0.307 e. The summed E-state index contributed by atoms with van der Waals surface area (Å²) >= 11 is 9.46. The average Bonchev–Trinajstić information content (AvgIpc) is 2.36. The molecular weight excluding hydrogens is 330 g/mol. The van der Waals surface area contributed by atoms with Crippen LogP contribution in [0.25, 0.3) is 0 Å². The lowest BCUT2D eigenvalue weighted by Crippen LogP contribution is -2.43. The first-order valence-corrected chi connectivity index (χ1v) is 7.55. The second kappa shape index (κ2) is 6.25. The second-order valence-electron chi connectivity index (χ2n) is 5.14. The molecule has 104 valence electrons. The van der Waals surface area contributed by atoms with Gasteiger partial charge in [0.05, 0.1) is 10.9 Å². The molecule has 2 atom stereocenters. The fourth-order valence-corrected chi connectivity index (χ4v) is 2.92. The van der Waals surface area contributed by atoms with E-state index in [0.717, 1.165) is 29.4 Å². The number of nitrogens with zero attached hydrogens (tertiary/aromatic N) is 1. The van der Waals surface area contributed by atoms with E-state index in [1.165, 1.54) is 0 Å². The van der Waals surface area contributed by atoms with Crippen molar-refractivity contribution < 1.29 is 9.90 Å². The highest BCUT2D eigenvalue weighted by Gasteiger charge is 2.29. The molecule has 1 aliphatic heterocycles. The highest BCUT2D eigenvalue weighted by molar-refractivity contribution is 9.10. The Labute approximate surface area is 126 Å². The van der Waals surface area contributed by atoms with Crippen LogP contribution >= 0.6 is 27.5 Å². The van der Waals surface area contributed by atoms with Gasteiger partial charge in [-0.05, 0) is 53.4 Å². The number of carboxylic acid groups (broad SMARTS) is 1. The number of likely N-dealkylation sites (tertiary alicyclic amines) is 1. The van der Waals surface area contributed by atoms with Crippen LogP contribution in [0.15, 0.2) is 22.7 Å². The summed E-state index contributed by atoms with van der Waals surface area (Å²) in [5.74, 6) is -0.937. The first kappa shape index (κ1) is 14.8. The maximum absolute atomic E-state index is 11.1. The number of hydrogen-bond donors (Lipinski definition) is 1. The maximum atomic E-state index is 11.1. The van der Waals surface area contributed by atoms with E-state index in [0.29, 0.717) is 17.6 Å². The van der Waals surface area contributed by atoms with Crippen LogP contribution in [0.3, 0.4) is 0 Å². The number of carboxylic acids is 1. The standard InChI is InChI=1S/C14H17BrClNO2/c1-9-2-4-11(14(18)19)8-17(9)7-10-3-5-12(15)13(16)6-10/h3,5-6,9,11H,2,4,7-8H2,1H3,(H,18,19). The fraction of sp³-hybridized carbons (Fsp3) is 0.500. The van der Waals surface area contributed by atoms with Crippen LogP contribution in [-0.4, -0.2) is 28.6 Å². The summed E-state index contributed by atoms with van der Waals surface area (Å²) in [6.07, 6.45) is 1.70. The lowest BCUT2D eigenvalue weighted by Gasteiger charge is -2.36. The number of benzene rings is 1. The van der Waals surface area contributed by atoms with Gasteiger partial charge in [0.25, 0.3) is 0 Å². The van der Waals surface area contributed by atoms with Gasteiger partial charge in [0.15, 0.2) is 0 Å². The lowest BCUT2D eigenvalue weighted by molar-refractivity contribution is -0.144. The van der Waals surface area contributed by atoms with E-state index >= 15 is 0 Å². The molecule has 0 aromatic heterocycles. The Balaban J connectivity index is 2.07. The molecule has 5 heteroatoms. The smallest absolute Gasteiger partial charge is 0.307 e. The van der Waals surface area contributed by atoms with Crippen LogP contribution in [0.2, 0.25) is 5.02 Å². The fourth-order valence-electron chi connectivity index (χ4n) is 2.47. The highest BCUT2D eigenvalue weighted by atomic mass is 79.9. The second-order valence-corrected chi connectivity index (χ2v) is 6.40. The molecule has 0 bridgehead atoms. The summed E-state index contributed by atoms with van der Waals surface area (Å²) in [5.41, 5.74) is 1.12. The predicted octanol–water partition coefficient (Wildman–Crippen LogP) is 3.79. The van der Waals surface area contributed by atoms with Crippen LogP contribution in [0.1, 0.15) is 25.3 Å². The van der Waals surface area contributed by atoms with Crippen molar-refractivity contribution in [3.05, 3.63) is 33.3 Å². The van der Waals surface area contributed by atoms with Gasteiger partial charge in [0, 0.05) is 23.6 Å². The predicted molar refractivity (Wildman–Crippen MR) is 79.4 cm³/mol. The molecule has 1 fully saturated rings. The zero-order valence-corrected chi connectivity index (χ0v) is 13.1. The van der Waals surface area contributed by atoms with Crippen LogP contribution in [0.4, 0.5) is 0 Å². The molecule has 0 saturated carbocycles. The topological polar surface area (TPSA) is 40.5 Å². The van der Waals surface area contributed by atoms with Crippen molar-refractivity contribution in [2.45, 2.75) is 32.4 Å². The van der Waals surface area contributed by atoms with E-state index in [9.17, 15) is 4.79 Å². The van der Waals surface area contributed by atoms with Crippen molar-refractivity contribution in [2.75, 3.05) is 6.54 Å². The van der Waals surface area contributed by atoms with Crippen molar-refractivity contribution in [3.63, 3.8) is 0 Å². The quantitative estimate of drug-likeness (QED) is 0.905. The Hall–Kier alpha value is -0.580. The van der Waals surface area contributed by atoms with E-state index in [1.54, 1.807) is 0 Å². The molecule has 3 nitrogen and oxygen atoms in total. The molecule has 0 spiro atoms. The third-order valence-electron chi connectivity index (χ3n) is 3.73. The Bertz CT molecular complexity index is 481. The zero-order chi connectivity index (χ0) is 14.0. The van der Waals surface area contributed by atoms with Crippen LogP contribution in [0.5, 0.6) is 0 Å². The number of aliphatic carboxylic acids is 1. The van der Waals surface area contributed by atoms with E-state index in [1.807, 2.05) is 18.2 Å². The summed E-state index contributed by atoms with van der Waals surface area (Å²) < 4.78 is 0.882. The minimum atomic E-state index is -0.689. The van der Waals surface area contributed by atoms with Gasteiger partial charge in [0.2, 0.25) is 0 Å². The monoisotopic (exact) mass is 345 g/mol. The van der Waals surface area contributed by atoms with Crippen LogP contribution in [0, 0.1) is 5.92 Å². The summed E-state index contributed by atoms with van der Waals surface area (Å²) in [5, 5.41) is 9.83. The van der Waals surface area contributed by atoms with Crippen LogP contribution in [-0.2, 0) is 11.3 Å². The highest BCUT2D eigenvalue weighted by Crippen LogP contribution is 2.27. The molecule has 2 unspecified atom stereocenters. The number of rotatable bonds is 3. The Morgan fingerprint density at radius 2 is 2.26 bits per heavy atom. The molecule has 1 saturated heterocycles. The molecule has 0 amide bonds. The minimum Gasteiger partial charge on any atom is -0.481 e. The Kier molecular flexibility index (Phi) is 4.87. The number of halogens is 2. The summed E-state index contributed by atoms with van der Waals surface area (Å²) in [7, 11) is 0. The first-order chi connectivity index (χ1) is 8.97. The van der Waals surface area contributed by atoms with Crippen molar-refractivity contribution in [1.82, 2.24) is 4.90 Å². The molecule has 1 N–H and O–H groups in total. The van der Waals surface area contributed by atoms with E-state index < -0.39 is 5.97 Å². The SMILES string of the molecule is CC1CCC(C(=O)O)CN1Cc1ccc(Br)c(Cl)c1. The van der Waals surface area contributed by atoms with Crippen molar-refractivity contribution in [3.8, 4) is 0 Å². The molecule has 1 heterocycles. The van der Waals surface area contributed by atoms with Gasteiger partial charge in [-0.3, -0.25) is 9.69 Å². The van der Waals surface area contributed by atoms with Crippen LogP contribution < -0.4 is 0 Å². The lowest BCUT2D eigenvalue weighted by atomic mass is 9.93. The molecule has 1 aromatic carbocycles. The molecule has 2 rings (SSSR count). The van der Waals surface area contributed by atoms with E-state index in [2.05, 4.69) is 27.8 Å². The normalized spacial score (nSPS) is 24.4. The van der Waals surface area contributed by atoms with Gasteiger partial charge in [-0.2, -0.15) is 0 Å². The molecule has 0 aliphatic carbocycles.